The summed E-state index contributed by atoms with van der Waals surface area (Å²) in [5, 5.41) is 0. The summed E-state index contributed by atoms with van der Waals surface area (Å²) < 4.78 is 0. The van der Waals surface area contributed by atoms with Crippen LogP contribution in [0.3, 0.4) is 0 Å². The van der Waals surface area contributed by atoms with Crippen LogP contribution in [0.4, 0.5) is 5.69 Å². The number of carbonyl (C=O) groups is 1. The highest BCUT2D eigenvalue weighted by Crippen LogP contribution is 2.49. The fourth-order valence-electron chi connectivity index (χ4n) is 4.46. The molecule has 1 aromatic rings. The van der Waals surface area contributed by atoms with E-state index in [1.807, 2.05) is 4.90 Å². The van der Waals surface area contributed by atoms with Gasteiger partial charge in [0.25, 0.3) is 0 Å². The van der Waals surface area contributed by atoms with Gasteiger partial charge in [-0.15, -0.1) is 0 Å². The first-order chi connectivity index (χ1) is 9.74. The van der Waals surface area contributed by atoms with Crippen LogP contribution in [0, 0.1) is 5.92 Å². The van der Waals surface area contributed by atoms with E-state index in [0.29, 0.717) is 0 Å². The fraction of sp³-hybridized carbons (Fsp3) is 0.588. The number of anilines is 1. The minimum atomic E-state index is 0.197. The molecule has 3 nitrogen and oxygen atoms in total. The van der Waals surface area contributed by atoms with Crippen LogP contribution in [0.15, 0.2) is 18.2 Å². The minimum Gasteiger partial charge on any atom is -0.369 e. The molecule has 20 heavy (non-hydrogen) atoms. The molecule has 2 atom stereocenters. The van der Waals surface area contributed by atoms with Crippen molar-refractivity contribution in [3.63, 3.8) is 0 Å². The van der Waals surface area contributed by atoms with Crippen molar-refractivity contribution < 1.29 is 4.79 Å². The second-order valence-corrected chi connectivity index (χ2v) is 6.54. The van der Waals surface area contributed by atoms with Gasteiger partial charge in [-0.3, -0.25) is 4.79 Å². The molecule has 2 heterocycles. The van der Waals surface area contributed by atoms with Crippen LogP contribution in [0.1, 0.15) is 43.2 Å². The Kier molecular flexibility index (Phi) is 2.76. The van der Waals surface area contributed by atoms with E-state index >= 15 is 0 Å². The standard InChI is InChI=1S/C17H22N2O/c1-12(20)18-8-9-19-10-13-4-2-6-15(13)16-7-3-5-14(11-18)17(16)19/h3,5,7,13,15H,2,4,6,8-11H2,1H3/t13-,15-/m0/s1. The monoisotopic (exact) mass is 270 g/mol. The number of nitrogens with zero attached hydrogens (tertiary/aromatic N) is 2. The Morgan fingerprint density at radius 2 is 2.15 bits per heavy atom. The molecule has 3 heteroatoms. The molecule has 0 saturated heterocycles. The second kappa shape index (κ2) is 4.51. The van der Waals surface area contributed by atoms with E-state index in [-0.39, 0.29) is 5.91 Å². The van der Waals surface area contributed by atoms with Crippen molar-refractivity contribution in [1.29, 1.82) is 0 Å². The summed E-state index contributed by atoms with van der Waals surface area (Å²) in [6.45, 7) is 5.52. The first kappa shape index (κ1) is 12.2. The minimum absolute atomic E-state index is 0.197. The van der Waals surface area contributed by atoms with Gasteiger partial charge >= 0.3 is 0 Å². The van der Waals surface area contributed by atoms with Gasteiger partial charge in [-0.2, -0.15) is 0 Å². The van der Waals surface area contributed by atoms with Gasteiger partial charge in [-0.1, -0.05) is 24.6 Å². The summed E-state index contributed by atoms with van der Waals surface area (Å²) in [4.78, 5) is 16.3. The molecular formula is C17H22N2O. The number of rotatable bonds is 0. The number of benzene rings is 1. The quantitative estimate of drug-likeness (QED) is 0.723. The summed E-state index contributed by atoms with van der Waals surface area (Å²) in [5.41, 5.74) is 4.36. The first-order valence-corrected chi connectivity index (χ1v) is 7.86. The van der Waals surface area contributed by atoms with E-state index < -0.39 is 0 Å². The molecule has 1 saturated carbocycles. The SMILES string of the molecule is CC(=O)N1CCN2C[C@@H]3CCC[C@@H]3c3cccc(c32)C1. The van der Waals surface area contributed by atoms with Crippen molar-refractivity contribution in [1.82, 2.24) is 4.90 Å². The van der Waals surface area contributed by atoms with E-state index in [1.54, 1.807) is 12.5 Å². The molecule has 1 aliphatic carbocycles. The van der Waals surface area contributed by atoms with E-state index in [4.69, 9.17) is 0 Å². The lowest BCUT2D eigenvalue weighted by Gasteiger charge is -2.38. The summed E-state index contributed by atoms with van der Waals surface area (Å²) in [6, 6.07) is 6.73. The lowest BCUT2D eigenvalue weighted by atomic mass is 9.82. The Labute approximate surface area is 120 Å². The molecular weight excluding hydrogens is 248 g/mol. The van der Waals surface area contributed by atoms with Crippen molar-refractivity contribution in [2.24, 2.45) is 5.92 Å². The number of hydrogen-bond acceptors (Lipinski definition) is 2. The maximum Gasteiger partial charge on any atom is 0.219 e. The van der Waals surface area contributed by atoms with Gasteiger partial charge < -0.3 is 9.80 Å². The first-order valence-electron chi connectivity index (χ1n) is 7.86. The van der Waals surface area contributed by atoms with Gasteiger partial charge in [-0.05, 0) is 35.8 Å². The third kappa shape index (κ3) is 1.75. The molecule has 0 unspecified atom stereocenters. The van der Waals surface area contributed by atoms with E-state index in [9.17, 15) is 4.79 Å². The number of amides is 1. The van der Waals surface area contributed by atoms with Gasteiger partial charge in [0.15, 0.2) is 0 Å². The van der Waals surface area contributed by atoms with Crippen LogP contribution < -0.4 is 4.90 Å². The third-order valence-corrected chi connectivity index (χ3v) is 5.43. The molecule has 4 rings (SSSR count). The Bertz CT molecular complexity index is 554. The number of fused-ring (bicyclic) bond motifs is 2. The molecule has 3 aliphatic rings. The highest BCUT2D eigenvalue weighted by Gasteiger charge is 2.38. The average molecular weight is 270 g/mol. The molecule has 0 radical (unpaired) electrons. The Morgan fingerprint density at radius 3 is 3.00 bits per heavy atom. The second-order valence-electron chi connectivity index (χ2n) is 6.54. The number of carbonyl (C=O) groups excluding carboxylic acids is 1. The van der Waals surface area contributed by atoms with Crippen molar-refractivity contribution in [3.05, 3.63) is 29.3 Å². The van der Waals surface area contributed by atoms with Crippen LogP contribution in [0.25, 0.3) is 0 Å². The smallest absolute Gasteiger partial charge is 0.219 e. The molecule has 0 aromatic heterocycles. The molecule has 106 valence electrons. The van der Waals surface area contributed by atoms with Crippen molar-refractivity contribution in [2.75, 3.05) is 24.5 Å². The summed E-state index contributed by atoms with van der Waals surface area (Å²) in [5.74, 6) is 1.80. The predicted octanol–water partition coefficient (Wildman–Crippen LogP) is 2.75. The molecule has 1 amide bonds. The molecule has 0 spiro atoms. The highest BCUT2D eigenvalue weighted by atomic mass is 16.2. The van der Waals surface area contributed by atoms with Gasteiger partial charge in [0.2, 0.25) is 5.91 Å². The molecule has 0 N–H and O–H groups in total. The van der Waals surface area contributed by atoms with Crippen LogP contribution >= 0.6 is 0 Å². The largest absolute Gasteiger partial charge is 0.369 e. The van der Waals surface area contributed by atoms with Crippen molar-refractivity contribution in [2.45, 2.75) is 38.6 Å². The molecule has 1 fully saturated rings. The van der Waals surface area contributed by atoms with Crippen molar-refractivity contribution in [3.8, 4) is 0 Å². The molecule has 2 aliphatic heterocycles. The molecule has 1 aromatic carbocycles. The normalized spacial score (nSPS) is 27.9. The van der Waals surface area contributed by atoms with Crippen molar-refractivity contribution >= 4 is 11.6 Å². The summed E-state index contributed by atoms with van der Waals surface area (Å²) >= 11 is 0. The average Bonchev–Trinajstić information content (AvgIpc) is 2.82. The van der Waals surface area contributed by atoms with E-state index in [1.165, 1.54) is 37.1 Å². The predicted molar refractivity (Wildman–Crippen MR) is 79.8 cm³/mol. The number of hydrogen-bond donors (Lipinski definition) is 0. The zero-order chi connectivity index (χ0) is 13.7. The Hall–Kier alpha value is -1.51. The lowest BCUT2D eigenvalue weighted by molar-refractivity contribution is -0.129. The third-order valence-electron chi connectivity index (χ3n) is 5.43. The Balaban J connectivity index is 1.80. The maximum atomic E-state index is 11.8. The zero-order valence-corrected chi connectivity index (χ0v) is 12.1. The molecule has 0 bridgehead atoms. The maximum absolute atomic E-state index is 11.8. The fourth-order valence-corrected chi connectivity index (χ4v) is 4.46. The Morgan fingerprint density at radius 1 is 1.25 bits per heavy atom. The highest BCUT2D eigenvalue weighted by molar-refractivity contribution is 5.74. The van der Waals surface area contributed by atoms with Gasteiger partial charge in [0, 0.05) is 38.8 Å². The topological polar surface area (TPSA) is 23.6 Å². The van der Waals surface area contributed by atoms with Crippen LogP contribution in [-0.4, -0.2) is 30.4 Å². The van der Waals surface area contributed by atoms with Crippen LogP contribution in [-0.2, 0) is 11.3 Å². The van der Waals surface area contributed by atoms with E-state index in [2.05, 4.69) is 23.1 Å². The van der Waals surface area contributed by atoms with Gasteiger partial charge in [0.05, 0.1) is 0 Å². The van der Waals surface area contributed by atoms with Gasteiger partial charge in [-0.25, -0.2) is 0 Å². The van der Waals surface area contributed by atoms with Crippen LogP contribution in [0.5, 0.6) is 0 Å². The van der Waals surface area contributed by atoms with Gasteiger partial charge in [0.1, 0.15) is 0 Å². The number of para-hydroxylation sites is 1. The van der Waals surface area contributed by atoms with Crippen LogP contribution in [0.2, 0.25) is 0 Å². The summed E-state index contributed by atoms with van der Waals surface area (Å²) in [7, 11) is 0. The lowest BCUT2D eigenvalue weighted by Crippen LogP contribution is -2.39. The van der Waals surface area contributed by atoms with E-state index in [0.717, 1.165) is 31.5 Å². The zero-order valence-electron chi connectivity index (χ0n) is 12.1. The summed E-state index contributed by atoms with van der Waals surface area (Å²) in [6.07, 6.45) is 4.11.